The molecule has 1 fully saturated rings. The first kappa shape index (κ1) is 13.7. The van der Waals surface area contributed by atoms with E-state index in [0.29, 0.717) is 25.8 Å². The largest absolute Gasteiger partial charge is 0.481 e. The highest BCUT2D eigenvalue weighted by molar-refractivity contribution is 5.97. The molecule has 1 heterocycles. The maximum Gasteiger partial charge on any atom is 0.303 e. The van der Waals surface area contributed by atoms with E-state index in [9.17, 15) is 14.4 Å². The molecule has 0 aromatic heterocycles. The molecule has 0 bridgehead atoms. The molecular weight excluding hydrogens is 222 g/mol. The van der Waals surface area contributed by atoms with Crippen molar-refractivity contribution in [1.29, 1.82) is 0 Å². The summed E-state index contributed by atoms with van der Waals surface area (Å²) < 4.78 is 0. The van der Waals surface area contributed by atoms with E-state index in [1.807, 2.05) is 13.8 Å². The average molecular weight is 241 g/mol. The lowest BCUT2D eigenvalue weighted by Crippen LogP contribution is -2.44. The molecule has 1 aliphatic rings. The Morgan fingerprint density at radius 2 is 1.94 bits per heavy atom. The first-order valence-corrected chi connectivity index (χ1v) is 5.95. The maximum atomic E-state index is 11.7. The Hall–Kier alpha value is -1.39. The van der Waals surface area contributed by atoms with Crippen molar-refractivity contribution in [3.8, 4) is 0 Å². The summed E-state index contributed by atoms with van der Waals surface area (Å²) in [6.07, 6.45) is 1.39. The Balaban J connectivity index is 2.46. The van der Waals surface area contributed by atoms with E-state index in [1.54, 1.807) is 0 Å². The van der Waals surface area contributed by atoms with Gasteiger partial charge in [0, 0.05) is 25.8 Å². The number of hydrogen-bond donors (Lipinski definition) is 1. The van der Waals surface area contributed by atoms with Crippen LogP contribution in [0.2, 0.25) is 0 Å². The van der Waals surface area contributed by atoms with Crippen LogP contribution in [0.1, 0.15) is 39.5 Å². The van der Waals surface area contributed by atoms with Crippen LogP contribution < -0.4 is 0 Å². The first-order valence-electron chi connectivity index (χ1n) is 5.95. The van der Waals surface area contributed by atoms with E-state index < -0.39 is 5.97 Å². The molecule has 0 saturated carbocycles. The summed E-state index contributed by atoms with van der Waals surface area (Å²) in [5, 5.41) is 8.56. The van der Waals surface area contributed by atoms with E-state index >= 15 is 0 Å². The quantitative estimate of drug-likeness (QED) is 0.735. The maximum absolute atomic E-state index is 11.7. The zero-order valence-corrected chi connectivity index (χ0v) is 10.3. The van der Waals surface area contributed by atoms with Crippen LogP contribution in [0.25, 0.3) is 0 Å². The van der Waals surface area contributed by atoms with Gasteiger partial charge < -0.3 is 5.11 Å². The molecule has 5 nitrogen and oxygen atoms in total. The van der Waals surface area contributed by atoms with Crippen molar-refractivity contribution >= 4 is 17.8 Å². The van der Waals surface area contributed by atoms with Gasteiger partial charge in [0.15, 0.2) is 0 Å². The van der Waals surface area contributed by atoms with Crippen LogP contribution in [0.15, 0.2) is 0 Å². The molecule has 0 aliphatic carbocycles. The van der Waals surface area contributed by atoms with Gasteiger partial charge in [-0.1, -0.05) is 13.8 Å². The molecule has 0 aromatic rings. The fourth-order valence-electron chi connectivity index (χ4n) is 2.00. The summed E-state index contributed by atoms with van der Waals surface area (Å²) in [6.45, 7) is 4.10. The van der Waals surface area contributed by atoms with Crippen molar-refractivity contribution in [2.24, 2.45) is 11.8 Å². The lowest BCUT2D eigenvalue weighted by atomic mass is 9.96. The average Bonchev–Trinajstić information content (AvgIpc) is 2.20. The number of amides is 2. The van der Waals surface area contributed by atoms with E-state index in [4.69, 9.17) is 5.11 Å². The number of hydrogen-bond acceptors (Lipinski definition) is 3. The van der Waals surface area contributed by atoms with Crippen LogP contribution in [0.5, 0.6) is 0 Å². The summed E-state index contributed by atoms with van der Waals surface area (Å²) in [5.74, 6) is -0.943. The van der Waals surface area contributed by atoms with Crippen molar-refractivity contribution in [2.75, 3.05) is 6.54 Å². The van der Waals surface area contributed by atoms with Crippen LogP contribution in [0, 0.1) is 11.8 Å². The Morgan fingerprint density at radius 3 is 2.41 bits per heavy atom. The van der Waals surface area contributed by atoms with Crippen molar-refractivity contribution in [3.63, 3.8) is 0 Å². The van der Waals surface area contributed by atoms with E-state index in [-0.39, 0.29) is 30.1 Å². The normalized spacial score (nSPS) is 19.5. The third-order valence-electron chi connectivity index (χ3n) is 2.99. The lowest BCUT2D eigenvalue weighted by molar-refractivity contribution is -0.150. The van der Waals surface area contributed by atoms with Crippen LogP contribution >= 0.6 is 0 Å². The molecular formula is C12H19NO4. The van der Waals surface area contributed by atoms with Gasteiger partial charge in [-0.15, -0.1) is 0 Å². The Kier molecular flexibility index (Phi) is 4.66. The Morgan fingerprint density at radius 1 is 1.41 bits per heavy atom. The topological polar surface area (TPSA) is 74.7 Å². The first-order chi connectivity index (χ1) is 7.90. The number of nitrogens with zero attached hydrogens (tertiary/aromatic N) is 1. The van der Waals surface area contributed by atoms with Gasteiger partial charge in [-0.05, 0) is 18.3 Å². The number of likely N-dealkylation sites (tertiary alicyclic amines) is 1. The van der Waals surface area contributed by atoms with Gasteiger partial charge in [-0.25, -0.2) is 0 Å². The number of carbonyl (C=O) groups is 3. The molecule has 1 rings (SSSR count). The van der Waals surface area contributed by atoms with Gasteiger partial charge in [0.2, 0.25) is 11.8 Å². The second-order valence-electron chi connectivity index (χ2n) is 4.95. The third kappa shape index (κ3) is 4.17. The highest BCUT2D eigenvalue weighted by Gasteiger charge is 2.30. The minimum Gasteiger partial charge on any atom is -0.481 e. The summed E-state index contributed by atoms with van der Waals surface area (Å²) in [4.78, 5) is 35.1. The highest BCUT2D eigenvalue weighted by Crippen LogP contribution is 2.20. The SMILES string of the molecule is CC1CC(=O)N(CC(C)CCC(=O)O)C(=O)C1. The van der Waals surface area contributed by atoms with Gasteiger partial charge in [0.1, 0.15) is 0 Å². The van der Waals surface area contributed by atoms with Gasteiger partial charge in [0.05, 0.1) is 0 Å². The van der Waals surface area contributed by atoms with E-state index in [2.05, 4.69) is 0 Å². The minimum atomic E-state index is -0.846. The predicted octanol–water partition coefficient (Wildman–Crippen LogP) is 1.27. The van der Waals surface area contributed by atoms with Crippen molar-refractivity contribution < 1.29 is 19.5 Å². The molecule has 1 saturated heterocycles. The lowest BCUT2D eigenvalue weighted by Gasteiger charge is -2.30. The number of carboxylic acid groups (broad SMARTS) is 1. The molecule has 0 radical (unpaired) electrons. The van der Waals surface area contributed by atoms with Crippen LogP contribution in [0.4, 0.5) is 0 Å². The molecule has 96 valence electrons. The Labute approximate surface area is 101 Å². The summed E-state index contributed by atoms with van der Waals surface area (Å²) in [5.41, 5.74) is 0. The molecule has 0 aromatic carbocycles. The molecule has 2 amide bonds. The van der Waals surface area contributed by atoms with Crippen molar-refractivity contribution in [2.45, 2.75) is 39.5 Å². The molecule has 5 heteroatoms. The molecule has 0 spiro atoms. The van der Waals surface area contributed by atoms with Crippen LogP contribution in [0.3, 0.4) is 0 Å². The number of piperidine rings is 1. The standard InChI is InChI=1S/C12H19NO4/c1-8(3-4-12(16)17)7-13-10(14)5-9(2)6-11(13)15/h8-9H,3-7H2,1-2H3,(H,16,17). The van der Waals surface area contributed by atoms with E-state index in [0.717, 1.165) is 0 Å². The number of rotatable bonds is 5. The number of imide groups is 1. The molecule has 17 heavy (non-hydrogen) atoms. The van der Waals surface area contributed by atoms with Gasteiger partial charge >= 0.3 is 5.97 Å². The zero-order valence-electron chi connectivity index (χ0n) is 10.3. The second-order valence-corrected chi connectivity index (χ2v) is 4.95. The second kappa shape index (κ2) is 5.80. The molecule has 1 atom stereocenters. The molecule has 1 unspecified atom stereocenters. The van der Waals surface area contributed by atoms with Gasteiger partial charge in [0.25, 0.3) is 0 Å². The van der Waals surface area contributed by atoms with Crippen LogP contribution in [-0.4, -0.2) is 34.3 Å². The van der Waals surface area contributed by atoms with Crippen molar-refractivity contribution in [1.82, 2.24) is 4.90 Å². The van der Waals surface area contributed by atoms with Crippen LogP contribution in [-0.2, 0) is 14.4 Å². The van der Waals surface area contributed by atoms with Crippen molar-refractivity contribution in [3.05, 3.63) is 0 Å². The summed E-state index contributed by atoms with van der Waals surface area (Å²) in [7, 11) is 0. The number of carbonyl (C=O) groups excluding carboxylic acids is 2. The molecule has 1 aliphatic heterocycles. The van der Waals surface area contributed by atoms with E-state index in [1.165, 1.54) is 4.90 Å². The zero-order chi connectivity index (χ0) is 13.0. The Bertz CT molecular complexity index is 308. The fraction of sp³-hybridized carbons (Fsp3) is 0.750. The number of aliphatic carboxylic acids is 1. The minimum absolute atomic E-state index is 0.0346. The summed E-state index contributed by atoms with van der Waals surface area (Å²) in [6, 6.07) is 0. The highest BCUT2D eigenvalue weighted by atomic mass is 16.4. The van der Waals surface area contributed by atoms with Gasteiger partial charge in [-0.3, -0.25) is 19.3 Å². The monoisotopic (exact) mass is 241 g/mol. The predicted molar refractivity (Wildman–Crippen MR) is 61.2 cm³/mol. The fourth-order valence-corrected chi connectivity index (χ4v) is 2.00. The third-order valence-corrected chi connectivity index (χ3v) is 2.99. The molecule has 1 N–H and O–H groups in total. The smallest absolute Gasteiger partial charge is 0.303 e. The number of carboxylic acids is 1. The van der Waals surface area contributed by atoms with Gasteiger partial charge in [-0.2, -0.15) is 0 Å². The summed E-state index contributed by atoms with van der Waals surface area (Å²) >= 11 is 0.